The van der Waals surface area contributed by atoms with E-state index in [0.29, 0.717) is 0 Å². The monoisotopic (exact) mass is 408 g/mol. The summed E-state index contributed by atoms with van der Waals surface area (Å²) in [7, 11) is 4.33. The van der Waals surface area contributed by atoms with E-state index in [1.54, 1.807) is 0 Å². The Morgan fingerprint density at radius 1 is 1.43 bits per heavy atom. The number of rotatable bonds is 7. The van der Waals surface area contributed by atoms with Crippen molar-refractivity contribution >= 4 is 29.9 Å². The number of halogens is 1. The fourth-order valence-electron chi connectivity index (χ4n) is 2.51. The first-order chi connectivity index (χ1) is 9.67. The van der Waals surface area contributed by atoms with Gasteiger partial charge in [-0.25, -0.2) is 0 Å². The molecule has 0 atom stereocenters. The van der Waals surface area contributed by atoms with Gasteiger partial charge in [-0.1, -0.05) is 6.08 Å². The lowest BCUT2D eigenvalue weighted by Gasteiger charge is -2.28. The number of allylic oxidation sites excluding steroid dienone is 1. The summed E-state index contributed by atoms with van der Waals surface area (Å²) in [6, 6.07) is 0. The molecule has 1 N–H and O–H groups in total. The molecule has 124 valence electrons. The van der Waals surface area contributed by atoms with Gasteiger partial charge >= 0.3 is 0 Å². The minimum atomic E-state index is 0. The Hall–Kier alpha value is -0.300. The van der Waals surface area contributed by atoms with Crippen LogP contribution in [0.4, 0.5) is 0 Å². The van der Waals surface area contributed by atoms with E-state index in [-0.39, 0.29) is 24.0 Å². The molecule has 0 saturated carbocycles. The van der Waals surface area contributed by atoms with Crippen molar-refractivity contribution in [3.8, 4) is 0 Å². The fourth-order valence-corrected chi connectivity index (χ4v) is 2.51. The van der Waals surface area contributed by atoms with Crippen LogP contribution >= 0.6 is 24.0 Å². The Kier molecular flexibility index (Phi) is 12.1. The van der Waals surface area contributed by atoms with Gasteiger partial charge < -0.3 is 15.1 Å². The number of likely N-dealkylation sites (tertiary alicyclic amines) is 1. The third-order valence-electron chi connectivity index (χ3n) is 3.94. The van der Waals surface area contributed by atoms with Crippen molar-refractivity contribution in [1.82, 2.24) is 15.1 Å². The van der Waals surface area contributed by atoms with E-state index in [4.69, 9.17) is 4.99 Å². The molecule has 0 aromatic carbocycles. The summed E-state index contributed by atoms with van der Waals surface area (Å²) in [5.74, 6) is 1.80. The molecule has 1 rings (SSSR count). The molecule has 1 aliphatic rings. The van der Waals surface area contributed by atoms with Crippen LogP contribution in [0.15, 0.2) is 17.6 Å². The van der Waals surface area contributed by atoms with Crippen LogP contribution < -0.4 is 5.32 Å². The van der Waals surface area contributed by atoms with Crippen molar-refractivity contribution in [2.45, 2.75) is 32.6 Å². The molecule has 0 aromatic heterocycles. The zero-order valence-corrected chi connectivity index (χ0v) is 16.3. The standard InChI is InChI=1S/C16H32N4.HI/c1-5-7-8-11-20(4)16(17-6-2)18-14-15-9-12-19(3)13-10-15;/h5,15H,1,6-14H2,2-4H3,(H,17,18);1H. The highest BCUT2D eigenvalue weighted by molar-refractivity contribution is 14.0. The van der Waals surface area contributed by atoms with Crippen LogP contribution in [0, 0.1) is 5.92 Å². The van der Waals surface area contributed by atoms with Crippen molar-refractivity contribution in [1.29, 1.82) is 0 Å². The average molecular weight is 408 g/mol. The maximum atomic E-state index is 4.83. The highest BCUT2D eigenvalue weighted by Crippen LogP contribution is 2.16. The number of aliphatic imine (C=N–C) groups is 1. The molecule has 0 spiro atoms. The molecular weight excluding hydrogens is 375 g/mol. The molecule has 0 aromatic rings. The SMILES string of the molecule is C=CCCCN(C)C(=NCC1CCN(C)CC1)NCC.I. The molecule has 0 radical (unpaired) electrons. The van der Waals surface area contributed by atoms with Gasteiger partial charge in [0.2, 0.25) is 0 Å². The average Bonchev–Trinajstić information content (AvgIpc) is 2.45. The van der Waals surface area contributed by atoms with Crippen LogP contribution in [0.25, 0.3) is 0 Å². The van der Waals surface area contributed by atoms with E-state index < -0.39 is 0 Å². The second-order valence-corrected chi connectivity index (χ2v) is 5.79. The van der Waals surface area contributed by atoms with Crippen molar-refractivity contribution in [3.63, 3.8) is 0 Å². The van der Waals surface area contributed by atoms with Gasteiger partial charge in [0.1, 0.15) is 0 Å². The van der Waals surface area contributed by atoms with Crippen LogP contribution in [0.1, 0.15) is 32.6 Å². The van der Waals surface area contributed by atoms with Crippen LogP contribution in [0.5, 0.6) is 0 Å². The van der Waals surface area contributed by atoms with Crippen LogP contribution in [0.3, 0.4) is 0 Å². The van der Waals surface area contributed by atoms with Crippen molar-refractivity contribution < 1.29 is 0 Å². The minimum absolute atomic E-state index is 0. The molecular formula is C16H33IN4. The Morgan fingerprint density at radius 3 is 2.67 bits per heavy atom. The van der Waals surface area contributed by atoms with Gasteiger partial charge in [0, 0.05) is 26.7 Å². The van der Waals surface area contributed by atoms with E-state index in [2.05, 4.69) is 42.7 Å². The minimum Gasteiger partial charge on any atom is -0.357 e. The van der Waals surface area contributed by atoms with Gasteiger partial charge in [0.25, 0.3) is 0 Å². The Bertz CT molecular complexity index is 299. The van der Waals surface area contributed by atoms with Gasteiger partial charge in [-0.3, -0.25) is 4.99 Å². The highest BCUT2D eigenvalue weighted by Gasteiger charge is 2.16. The maximum absolute atomic E-state index is 4.83. The van der Waals surface area contributed by atoms with Gasteiger partial charge in [-0.15, -0.1) is 30.6 Å². The summed E-state index contributed by atoms with van der Waals surface area (Å²) in [5.41, 5.74) is 0. The zero-order chi connectivity index (χ0) is 14.8. The van der Waals surface area contributed by atoms with Gasteiger partial charge in [-0.2, -0.15) is 0 Å². The number of guanidine groups is 1. The number of nitrogens with zero attached hydrogens (tertiary/aromatic N) is 3. The topological polar surface area (TPSA) is 30.9 Å². The molecule has 0 bridgehead atoms. The summed E-state index contributed by atoms with van der Waals surface area (Å²) in [4.78, 5) is 9.48. The molecule has 1 heterocycles. The predicted octanol–water partition coefficient (Wildman–Crippen LogP) is 2.81. The lowest BCUT2D eigenvalue weighted by Crippen LogP contribution is -2.40. The molecule has 21 heavy (non-hydrogen) atoms. The molecule has 5 heteroatoms. The lowest BCUT2D eigenvalue weighted by molar-refractivity contribution is 0.223. The third-order valence-corrected chi connectivity index (χ3v) is 3.94. The largest absolute Gasteiger partial charge is 0.357 e. The van der Waals surface area contributed by atoms with Gasteiger partial charge in [0.15, 0.2) is 5.96 Å². The number of hydrogen-bond donors (Lipinski definition) is 1. The molecule has 1 saturated heterocycles. The number of nitrogens with one attached hydrogen (secondary N) is 1. The van der Waals surface area contributed by atoms with Gasteiger partial charge in [-0.05, 0) is 58.7 Å². The van der Waals surface area contributed by atoms with Crippen molar-refractivity contribution in [3.05, 3.63) is 12.7 Å². The lowest BCUT2D eigenvalue weighted by atomic mass is 9.97. The zero-order valence-electron chi connectivity index (χ0n) is 14.0. The van der Waals surface area contributed by atoms with Crippen LogP contribution in [-0.4, -0.2) is 62.6 Å². The van der Waals surface area contributed by atoms with E-state index in [0.717, 1.165) is 44.4 Å². The molecule has 0 aliphatic carbocycles. The van der Waals surface area contributed by atoms with Crippen LogP contribution in [-0.2, 0) is 0 Å². The second-order valence-electron chi connectivity index (χ2n) is 5.79. The summed E-state index contributed by atoms with van der Waals surface area (Å²) in [6.45, 7) is 11.3. The van der Waals surface area contributed by atoms with Crippen LogP contribution in [0.2, 0.25) is 0 Å². The van der Waals surface area contributed by atoms with E-state index in [1.807, 2.05) is 6.08 Å². The molecule has 4 nitrogen and oxygen atoms in total. The predicted molar refractivity (Wildman–Crippen MR) is 104 cm³/mol. The summed E-state index contributed by atoms with van der Waals surface area (Å²) in [6.07, 6.45) is 6.74. The Morgan fingerprint density at radius 2 is 2.10 bits per heavy atom. The number of piperidine rings is 1. The number of unbranched alkanes of at least 4 members (excludes halogenated alkanes) is 1. The molecule has 0 unspecified atom stereocenters. The van der Waals surface area contributed by atoms with E-state index >= 15 is 0 Å². The quantitative estimate of drug-likeness (QED) is 0.231. The smallest absolute Gasteiger partial charge is 0.193 e. The van der Waals surface area contributed by atoms with Crippen molar-refractivity contribution in [2.24, 2.45) is 10.9 Å². The Labute approximate surface area is 148 Å². The normalized spacial score (nSPS) is 17.2. The number of hydrogen-bond acceptors (Lipinski definition) is 2. The molecule has 1 aliphatic heterocycles. The summed E-state index contributed by atoms with van der Waals surface area (Å²) < 4.78 is 0. The molecule has 1 fully saturated rings. The Balaban J connectivity index is 0.00000400. The maximum Gasteiger partial charge on any atom is 0.193 e. The third kappa shape index (κ3) is 8.66. The second kappa shape index (κ2) is 12.3. The molecule has 0 amide bonds. The van der Waals surface area contributed by atoms with Gasteiger partial charge in [0.05, 0.1) is 0 Å². The first-order valence-corrected chi connectivity index (χ1v) is 7.96. The van der Waals surface area contributed by atoms with E-state index in [1.165, 1.54) is 25.9 Å². The first-order valence-electron chi connectivity index (χ1n) is 7.96. The summed E-state index contributed by atoms with van der Waals surface area (Å²) >= 11 is 0. The van der Waals surface area contributed by atoms with E-state index in [9.17, 15) is 0 Å². The highest BCUT2D eigenvalue weighted by atomic mass is 127. The first kappa shape index (κ1) is 20.7. The fraction of sp³-hybridized carbons (Fsp3) is 0.812. The summed E-state index contributed by atoms with van der Waals surface area (Å²) in [5, 5.41) is 3.40. The van der Waals surface area contributed by atoms with Crippen molar-refractivity contribution in [2.75, 3.05) is 46.8 Å².